The van der Waals surface area contributed by atoms with Gasteiger partial charge in [0.25, 0.3) is 7.82 Å². The Kier molecular flexibility index (Phi) is 51.5. The molecule has 10 heteroatoms. The predicted molar refractivity (Wildman–Crippen MR) is 312 cm³/mol. The van der Waals surface area contributed by atoms with E-state index >= 15 is 0 Å². The van der Waals surface area contributed by atoms with Gasteiger partial charge in [-0.2, -0.15) is 0 Å². The monoisotopic (exact) mass is 1040 g/mol. The maximum Gasteiger partial charge on any atom is 0.306 e. The van der Waals surface area contributed by atoms with Gasteiger partial charge in [-0.25, -0.2) is 0 Å². The van der Waals surface area contributed by atoms with E-state index in [9.17, 15) is 19.0 Å². The lowest BCUT2D eigenvalue weighted by molar-refractivity contribution is -0.870. The van der Waals surface area contributed by atoms with Gasteiger partial charge in [-0.15, -0.1) is 0 Å². The van der Waals surface area contributed by atoms with Crippen molar-refractivity contribution in [2.24, 2.45) is 0 Å². The molecule has 0 aliphatic rings. The third kappa shape index (κ3) is 54.3. The van der Waals surface area contributed by atoms with Gasteiger partial charge in [0, 0.05) is 12.8 Å². The Balaban J connectivity index is 5.06. The van der Waals surface area contributed by atoms with Crippen LogP contribution in [0.3, 0.4) is 0 Å². The van der Waals surface area contributed by atoms with Crippen LogP contribution in [0.4, 0.5) is 0 Å². The molecule has 0 aromatic rings. The number of nitrogens with zero attached hydrogens (tertiary/aromatic N) is 1. The molecular formula is C63H117N2O7P. The number of nitrogens with one attached hydrogen (secondary N) is 1. The molecular weight excluding hydrogens is 928 g/mol. The summed E-state index contributed by atoms with van der Waals surface area (Å²) in [5.74, 6) is -0.552. The number of carbonyl (C=O) groups is 2. The van der Waals surface area contributed by atoms with Crippen molar-refractivity contribution in [2.45, 2.75) is 290 Å². The van der Waals surface area contributed by atoms with Crippen LogP contribution in [-0.4, -0.2) is 69.4 Å². The Labute approximate surface area is 451 Å². The van der Waals surface area contributed by atoms with Gasteiger partial charge in [-0.3, -0.25) is 14.2 Å². The SMILES string of the molecule is CCCC/C=C\CCCCCCCC(=O)OC(/C=C\CCCCCCCCCCC)C(COP(=O)([O-])OCC[N+](C)(C)C)NC(=O)CCCCCCCCCCCCCC/C=C\C/C=C\C/C=C\CCCCC. The van der Waals surface area contributed by atoms with E-state index in [0.29, 0.717) is 17.4 Å². The fourth-order valence-electron chi connectivity index (χ4n) is 8.63. The fourth-order valence-corrected chi connectivity index (χ4v) is 9.35. The minimum absolute atomic E-state index is 0.0246. The number of unbranched alkanes of at least 4 members (excludes halogenated alkanes) is 31. The molecule has 426 valence electrons. The molecule has 3 atom stereocenters. The van der Waals surface area contributed by atoms with E-state index in [4.69, 9.17) is 13.8 Å². The average Bonchev–Trinajstić information content (AvgIpc) is 3.35. The van der Waals surface area contributed by atoms with Crippen molar-refractivity contribution < 1.29 is 37.3 Å². The van der Waals surface area contributed by atoms with Gasteiger partial charge in [-0.05, 0) is 89.5 Å². The second-order valence-corrected chi connectivity index (χ2v) is 23.3. The average molecular weight is 1050 g/mol. The van der Waals surface area contributed by atoms with Crippen LogP contribution in [0.5, 0.6) is 0 Å². The zero-order chi connectivity index (χ0) is 53.6. The third-order valence-corrected chi connectivity index (χ3v) is 14.4. The number of phosphoric ester groups is 1. The third-order valence-electron chi connectivity index (χ3n) is 13.4. The summed E-state index contributed by atoms with van der Waals surface area (Å²) < 4.78 is 30.2. The number of amides is 1. The molecule has 0 saturated heterocycles. The molecule has 1 N–H and O–H groups in total. The van der Waals surface area contributed by atoms with Crippen molar-refractivity contribution in [2.75, 3.05) is 40.9 Å². The lowest BCUT2D eigenvalue weighted by Crippen LogP contribution is -2.47. The van der Waals surface area contributed by atoms with Crippen LogP contribution in [0.25, 0.3) is 0 Å². The van der Waals surface area contributed by atoms with E-state index in [1.807, 2.05) is 33.3 Å². The zero-order valence-corrected chi connectivity index (χ0v) is 49.5. The second-order valence-electron chi connectivity index (χ2n) is 21.8. The van der Waals surface area contributed by atoms with Crippen LogP contribution < -0.4 is 10.2 Å². The first-order valence-electron chi connectivity index (χ1n) is 30.6. The number of allylic oxidation sites excluding steroid dienone is 9. The lowest BCUT2D eigenvalue weighted by Gasteiger charge is -2.30. The summed E-state index contributed by atoms with van der Waals surface area (Å²) in [6, 6.07) is -0.891. The van der Waals surface area contributed by atoms with E-state index in [-0.39, 0.29) is 24.9 Å². The summed E-state index contributed by atoms with van der Waals surface area (Å²) >= 11 is 0. The van der Waals surface area contributed by atoms with Crippen LogP contribution in [0.2, 0.25) is 0 Å². The van der Waals surface area contributed by atoms with E-state index < -0.39 is 26.6 Å². The Bertz CT molecular complexity index is 1440. The highest BCUT2D eigenvalue weighted by Gasteiger charge is 2.27. The van der Waals surface area contributed by atoms with Crippen molar-refractivity contribution in [3.63, 3.8) is 0 Å². The Morgan fingerprint density at radius 1 is 0.479 bits per heavy atom. The van der Waals surface area contributed by atoms with E-state index in [1.54, 1.807) is 0 Å². The highest BCUT2D eigenvalue weighted by atomic mass is 31.2. The molecule has 0 rings (SSSR count). The van der Waals surface area contributed by atoms with Crippen molar-refractivity contribution >= 4 is 19.7 Å². The maximum absolute atomic E-state index is 13.5. The first kappa shape index (κ1) is 70.7. The number of esters is 1. The number of likely N-dealkylation sites (N-methyl/N-ethyl adjacent to an activating group) is 1. The van der Waals surface area contributed by atoms with Gasteiger partial charge in [0.2, 0.25) is 5.91 Å². The predicted octanol–water partition coefficient (Wildman–Crippen LogP) is 18.0. The molecule has 3 unspecified atom stereocenters. The topological polar surface area (TPSA) is 114 Å². The molecule has 0 saturated carbocycles. The van der Waals surface area contributed by atoms with Crippen LogP contribution in [-0.2, 0) is 27.9 Å². The van der Waals surface area contributed by atoms with Gasteiger partial charge in [0.15, 0.2) is 0 Å². The van der Waals surface area contributed by atoms with Gasteiger partial charge >= 0.3 is 5.97 Å². The number of ether oxygens (including phenoxy) is 1. The standard InChI is InChI=1S/C63H117N2O7P/c1-7-10-13-16-19-22-25-26-27-28-29-30-31-32-33-34-35-36-37-38-41-43-46-49-52-55-62(66)64-60(59-71-73(68,69)70-58-57-65(4,5)6)61(54-51-48-45-42-39-23-20-17-14-11-8-2)72-63(67)56-53-50-47-44-40-24-21-18-15-12-9-3/h18-19,21-22,26-27,29-30,51,54,60-61H,7-17,20,23-25,28,31-50,52-53,55-59H2,1-6H3,(H-,64,66,68,69)/b21-18-,22-19-,27-26-,30-29-,54-51-. The van der Waals surface area contributed by atoms with E-state index in [2.05, 4.69) is 74.7 Å². The molecule has 0 bridgehead atoms. The highest BCUT2D eigenvalue weighted by Crippen LogP contribution is 2.38. The largest absolute Gasteiger partial charge is 0.756 e. The Hall–Kier alpha value is -2.29. The number of phosphoric acid groups is 1. The van der Waals surface area contributed by atoms with Crippen LogP contribution >= 0.6 is 7.82 Å². The van der Waals surface area contributed by atoms with Crippen LogP contribution in [0.1, 0.15) is 278 Å². The molecule has 0 heterocycles. The van der Waals surface area contributed by atoms with Crippen molar-refractivity contribution in [3.05, 3.63) is 60.8 Å². The molecule has 1 amide bonds. The summed E-state index contributed by atoms with van der Waals surface area (Å²) in [5.41, 5.74) is 0. The first-order valence-corrected chi connectivity index (χ1v) is 32.1. The van der Waals surface area contributed by atoms with Crippen LogP contribution in [0.15, 0.2) is 60.8 Å². The number of hydrogen-bond acceptors (Lipinski definition) is 7. The molecule has 0 aromatic heterocycles. The quantitative estimate of drug-likeness (QED) is 0.0212. The molecule has 0 spiro atoms. The minimum atomic E-state index is -4.69. The molecule has 0 aromatic carbocycles. The highest BCUT2D eigenvalue weighted by molar-refractivity contribution is 7.45. The summed E-state index contributed by atoms with van der Waals surface area (Å²) in [6.45, 7) is 6.77. The summed E-state index contributed by atoms with van der Waals surface area (Å²) in [6.07, 6.45) is 66.2. The Morgan fingerprint density at radius 3 is 1.33 bits per heavy atom. The van der Waals surface area contributed by atoms with E-state index in [1.165, 1.54) is 148 Å². The number of hydrogen-bond donors (Lipinski definition) is 1. The van der Waals surface area contributed by atoms with Gasteiger partial charge in [0.1, 0.15) is 19.3 Å². The number of carbonyl (C=O) groups excluding carboxylic acids is 2. The molecule has 0 aliphatic heterocycles. The molecule has 0 radical (unpaired) electrons. The van der Waals surface area contributed by atoms with Crippen molar-refractivity contribution in [1.29, 1.82) is 0 Å². The van der Waals surface area contributed by atoms with Crippen molar-refractivity contribution in [3.8, 4) is 0 Å². The second kappa shape index (κ2) is 53.1. The smallest absolute Gasteiger partial charge is 0.306 e. The summed E-state index contributed by atoms with van der Waals surface area (Å²) in [7, 11) is 1.18. The molecule has 0 fully saturated rings. The van der Waals surface area contributed by atoms with Crippen LogP contribution in [0, 0.1) is 0 Å². The first-order chi connectivity index (χ1) is 35.4. The minimum Gasteiger partial charge on any atom is -0.756 e. The molecule has 73 heavy (non-hydrogen) atoms. The Morgan fingerprint density at radius 2 is 0.849 bits per heavy atom. The van der Waals surface area contributed by atoms with Gasteiger partial charge in [0.05, 0.1) is 33.8 Å². The fraction of sp³-hybridized carbons (Fsp3) is 0.810. The summed E-state index contributed by atoms with van der Waals surface area (Å²) in [5, 5.41) is 3.02. The molecule has 9 nitrogen and oxygen atoms in total. The van der Waals surface area contributed by atoms with Gasteiger partial charge in [-0.1, -0.05) is 236 Å². The molecule has 0 aliphatic carbocycles. The zero-order valence-electron chi connectivity index (χ0n) is 48.6. The summed E-state index contributed by atoms with van der Waals surface area (Å²) in [4.78, 5) is 39.8. The van der Waals surface area contributed by atoms with Gasteiger partial charge < -0.3 is 28.5 Å². The lowest BCUT2D eigenvalue weighted by atomic mass is 10.0. The number of quaternary nitrogens is 1. The van der Waals surface area contributed by atoms with E-state index in [0.717, 1.165) is 96.3 Å². The maximum atomic E-state index is 13.5. The normalized spacial score (nSPS) is 14.1. The number of rotatable bonds is 55. The van der Waals surface area contributed by atoms with Crippen molar-refractivity contribution in [1.82, 2.24) is 5.32 Å².